The number of ether oxygens (including phenoxy) is 1. The summed E-state index contributed by atoms with van der Waals surface area (Å²) in [5, 5.41) is 0. The highest BCUT2D eigenvalue weighted by molar-refractivity contribution is 9.10. The maximum atomic E-state index is 11.6. The number of likely N-dealkylation sites (N-methyl/N-ethyl adjacent to an activating group) is 1. The van der Waals surface area contributed by atoms with Gasteiger partial charge in [0.2, 0.25) is 0 Å². The lowest BCUT2D eigenvalue weighted by atomic mass is 10.2. The fourth-order valence-electron chi connectivity index (χ4n) is 1.37. The van der Waals surface area contributed by atoms with Gasteiger partial charge in [0.25, 0.3) is 5.91 Å². The van der Waals surface area contributed by atoms with E-state index < -0.39 is 0 Å². The first-order chi connectivity index (χ1) is 7.95. The second-order valence-electron chi connectivity index (χ2n) is 3.84. The fraction of sp³-hybridized carbons (Fsp3) is 0.417. The number of anilines is 1. The first-order valence-corrected chi connectivity index (χ1v) is 6.17. The van der Waals surface area contributed by atoms with Gasteiger partial charge in [-0.2, -0.15) is 0 Å². The molecule has 0 aliphatic rings. The van der Waals surface area contributed by atoms with Crippen LogP contribution >= 0.6 is 15.9 Å². The number of nitrogens with zero attached hydrogens (tertiary/aromatic N) is 1. The predicted octanol–water partition coefficient (Wildman–Crippen LogP) is 2.20. The molecule has 0 heterocycles. The van der Waals surface area contributed by atoms with Crippen LogP contribution in [-0.2, 0) is 4.79 Å². The van der Waals surface area contributed by atoms with E-state index in [1.807, 2.05) is 19.9 Å². The van der Waals surface area contributed by atoms with Gasteiger partial charge in [-0.25, -0.2) is 0 Å². The van der Waals surface area contributed by atoms with E-state index in [1.54, 1.807) is 18.0 Å². The van der Waals surface area contributed by atoms with Crippen molar-refractivity contribution in [2.45, 2.75) is 13.8 Å². The van der Waals surface area contributed by atoms with Crippen LogP contribution in [0.5, 0.6) is 5.75 Å². The highest BCUT2D eigenvalue weighted by Crippen LogP contribution is 2.29. The summed E-state index contributed by atoms with van der Waals surface area (Å²) < 4.78 is 6.37. The van der Waals surface area contributed by atoms with Crippen molar-refractivity contribution in [2.75, 3.05) is 25.9 Å². The number of hydrogen-bond acceptors (Lipinski definition) is 3. The molecule has 4 nitrogen and oxygen atoms in total. The van der Waals surface area contributed by atoms with Gasteiger partial charge in [0.15, 0.2) is 6.61 Å². The molecule has 0 fully saturated rings. The van der Waals surface area contributed by atoms with E-state index in [-0.39, 0.29) is 12.5 Å². The number of hydrogen-bond donors (Lipinski definition) is 1. The van der Waals surface area contributed by atoms with E-state index in [9.17, 15) is 4.79 Å². The Morgan fingerprint density at radius 1 is 1.53 bits per heavy atom. The third-order valence-corrected chi connectivity index (χ3v) is 2.97. The van der Waals surface area contributed by atoms with E-state index in [0.717, 1.165) is 10.0 Å². The Labute approximate surface area is 110 Å². The molecular weight excluding hydrogens is 284 g/mol. The summed E-state index contributed by atoms with van der Waals surface area (Å²) in [6.45, 7) is 4.48. The van der Waals surface area contributed by atoms with Gasteiger partial charge in [-0.3, -0.25) is 4.79 Å². The molecule has 0 aliphatic carbocycles. The lowest BCUT2D eigenvalue weighted by Crippen LogP contribution is -2.31. The zero-order valence-electron chi connectivity index (χ0n) is 10.3. The largest absolute Gasteiger partial charge is 0.481 e. The summed E-state index contributed by atoms with van der Waals surface area (Å²) >= 11 is 3.35. The van der Waals surface area contributed by atoms with Crippen LogP contribution in [0.15, 0.2) is 16.6 Å². The molecular formula is C12H17BrN2O2. The van der Waals surface area contributed by atoms with Gasteiger partial charge in [-0.1, -0.05) is 15.9 Å². The molecule has 0 spiro atoms. The number of carbonyl (C=O) groups is 1. The molecule has 1 aromatic carbocycles. The average molecular weight is 301 g/mol. The summed E-state index contributed by atoms with van der Waals surface area (Å²) in [6.07, 6.45) is 0. The number of nitrogens with two attached hydrogens (primary N) is 1. The first-order valence-electron chi connectivity index (χ1n) is 5.38. The van der Waals surface area contributed by atoms with Crippen molar-refractivity contribution >= 4 is 27.5 Å². The summed E-state index contributed by atoms with van der Waals surface area (Å²) in [6, 6.07) is 3.66. The molecule has 2 N–H and O–H groups in total. The van der Waals surface area contributed by atoms with Crippen LogP contribution in [0.3, 0.4) is 0 Å². The lowest BCUT2D eigenvalue weighted by Gasteiger charge is -2.16. The molecule has 0 saturated carbocycles. The molecule has 0 saturated heterocycles. The van der Waals surface area contributed by atoms with Crippen LogP contribution in [0.1, 0.15) is 12.5 Å². The molecule has 1 amide bonds. The molecule has 0 bridgehead atoms. The summed E-state index contributed by atoms with van der Waals surface area (Å²) in [5.41, 5.74) is 7.27. The summed E-state index contributed by atoms with van der Waals surface area (Å²) in [5.74, 6) is 0.514. The zero-order chi connectivity index (χ0) is 13.0. The topological polar surface area (TPSA) is 55.6 Å². The quantitative estimate of drug-likeness (QED) is 0.867. The predicted molar refractivity (Wildman–Crippen MR) is 72.1 cm³/mol. The van der Waals surface area contributed by atoms with Crippen molar-refractivity contribution < 1.29 is 9.53 Å². The average Bonchev–Trinajstić information content (AvgIpc) is 2.26. The van der Waals surface area contributed by atoms with E-state index in [0.29, 0.717) is 18.0 Å². The third kappa shape index (κ3) is 3.63. The standard InChI is InChI=1S/C12H17BrN2O2/c1-4-15(3)11(16)7-17-12-8(2)5-9(13)6-10(12)14/h5-6H,4,7,14H2,1-3H3. The van der Waals surface area contributed by atoms with Gasteiger partial charge < -0.3 is 15.4 Å². The number of amides is 1. The maximum Gasteiger partial charge on any atom is 0.260 e. The Hall–Kier alpha value is -1.23. The molecule has 0 aliphatic heterocycles. The van der Waals surface area contributed by atoms with Crippen molar-refractivity contribution in [1.29, 1.82) is 0 Å². The Morgan fingerprint density at radius 3 is 2.71 bits per heavy atom. The number of aryl methyl sites for hydroxylation is 1. The minimum absolute atomic E-state index is 0.0109. The first kappa shape index (κ1) is 13.8. The van der Waals surface area contributed by atoms with Gasteiger partial charge in [0.05, 0.1) is 5.69 Å². The van der Waals surface area contributed by atoms with Crippen LogP contribution < -0.4 is 10.5 Å². The molecule has 5 heteroatoms. The monoisotopic (exact) mass is 300 g/mol. The molecule has 1 rings (SSSR count). The zero-order valence-corrected chi connectivity index (χ0v) is 11.9. The number of carbonyl (C=O) groups excluding carboxylic acids is 1. The van der Waals surface area contributed by atoms with Gasteiger partial charge in [0.1, 0.15) is 5.75 Å². The van der Waals surface area contributed by atoms with Gasteiger partial charge >= 0.3 is 0 Å². The Kier molecular flexibility index (Phi) is 4.81. The Bertz CT molecular complexity index is 398. The van der Waals surface area contributed by atoms with Gasteiger partial charge in [-0.15, -0.1) is 0 Å². The van der Waals surface area contributed by atoms with Gasteiger partial charge in [0, 0.05) is 18.1 Å². The Balaban J connectivity index is 2.73. The lowest BCUT2D eigenvalue weighted by molar-refractivity contribution is -0.131. The molecule has 0 unspecified atom stereocenters. The second-order valence-corrected chi connectivity index (χ2v) is 4.75. The van der Waals surface area contributed by atoms with Crippen LogP contribution in [-0.4, -0.2) is 31.0 Å². The second kappa shape index (κ2) is 5.91. The fourth-order valence-corrected chi connectivity index (χ4v) is 1.96. The van der Waals surface area contributed by atoms with E-state index in [1.165, 1.54) is 0 Å². The van der Waals surface area contributed by atoms with Crippen molar-refractivity contribution in [3.05, 3.63) is 22.2 Å². The van der Waals surface area contributed by atoms with Crippen molar-refractivity contribution in [2.24, 2.45) is 0 Å². The van der Waals surface area contributed by atoms with Crippen molar-refractivity contribution in [3.8, 4) is 5.75 Å². The van der Waals surface area contributed by atoms with Crippen LogP contribution in [0.2, 0.25) is 0 Å². The van der Waals surface area contributed by atoms with Gasteiger partial charge in [-0.05, 0) is 31.5 Å². The number of halogens is 1. The number of nitrogen functional groups attached to an aromatic ring is 1. The van der Waals surface area contributed by atoms with E-state index in [4.69, 9.17) is 10.5 Å². The molecule has 0 aromatic heterocycles. The minimum atomic E-state index is -0.0609. The van der Waals surface area contributed by atoms with Crippen LogP contribution in [0.25, 0.3) is 0 Å². The maximum absolute atomic E-state index is 11.6. The molecule has 0 radical (unpaired) electrons. The van der Waals surface area contributed by atoms with Crippen LogP contribution in [0, 0.1) is 6.92 Å². The Morgan fingerprint density at radius 2 is 2.18 bits per heavy atom. The van der Waals surface area contributed by atoms with Crippen molar-refractivity contribution in [3.63, 3.8) is 0 Å². The molecule has 17 heavy (non-hydrogen) atoms. The minimum Gasteiger partial charge on any atom is -0.481 e. The SMILES string of the molecule is CCN(C)C(=O)COc1c(C)cc(Br)cc1N. The summed E-state index contributed by atoms with van der Waals surface area (Å²) in [4.78, 5) is 13.2. The molecule has 1 aromatic rings. The highest BCUT2D eigenvalue weighted by atomic mass is 79.9. The third-order valence-electron chi connectivity index (χ3n) is 2.51. The summed E-state index contributed by atoms with van der Waals surface area (Å²) in [7, 11) is 1.74. The highest BCUT2D eigenvalue weighted by Gasteiger charge is 2.11. The normalized spacial score (nSPS) is 10.1. The van der Waals surface area contributed by atoms with E-state index >= 15 is 0 Å². The van der Waals surface area contributed by atoms with Crippen molar-refractivity contribution in [1.82, 2.24) is 4.90 Å². The molecule has 0 atom stereocenters. The number of benzene rings is 1. The molecule has 94 valence electrons. The number of rotatable bonds is 4. The van der Waals surface area contributed by atoms with E-state index in [2.05, 4.69) is 15.9 Å². The smallest absolute Gasteiger partial charge is 0.260 e. The van der Waals surface area contributed by atoms with Crippen LogP contribution in [0.4, 0.5) is 5.69 Å².